The molecule has 0 unspecified atom stereocenters. The molecule has 0 radical (unpaired) electrons. The van der Waals surface area contributed by atoms with E-state index in [-0.39, 0.29) is 49.5 Å². The molecule has 162 valence electrons. The van der Waals surface area contributed by atoms with Crippen LogP contribution >= 0.6 is 0 Å². The number of imide groups is 1. The van der Waals surface area contributed by atoms with Gasteiger partial charge in [0, 0.05) is 6.04 Å². The number of nitrogens with one attached hydrogen (secondary N) is 1. The van der Waals surface area contributed by atoms with Crippen LogP contribution in [0.5, 0.6) is 0 Å². The molecule has 8 heteroatoms. The van der Waals surface area contributed by atoms with Crippen LogP contribution in [0.25, 0.3) is 0 Å². The predicted octanol–water partition coefficient (Wildman–Crippen LogP) is 3.59. The lowest BCUT2D eigenvalue weighted by molar-refractivity contribution is -0.182. The number of allylic oxidation sites excluding steroid dienone is 2. The Morgan fingerprint density at radius 3 is 2.03 bits per heavy atom. The van der Waals surface area contributed by atoms with Crippen molar-refractivity contribution >= 4 is 17.7 Å². The van der Waals surface area contributed by atoms with Crippen LogP contribution in [0.15, 0.2) is 12.2 Å². The molecule has 5 nitrogen and oxygen atoms in total. The van der Waals surface area contributed by atoms with Crippen molar-refractivity contribution in [3.63, 3.8) is 0 Å². The fraction of sp³-hybridized carbons (Fsp3) is 0.762. The minimum Gasteiger partial charge on any atom is -0.352 e. The van der Waals surface area contributed by atoms with Crippen molar-refractivity contribution in [3.8, 4) is 0 Å². The van der Waals surface area contributed by atoms with Crippen LogP contribution in [-0.4, -0.2) is 40.9 Å². The van der Waals surface area contributed by atoms with Crippen LogP contribution in [0, 0.1) is 23.7 Å². The number of fused-ring (bicyclic) bond motifs is 1. The minimum atomic E-state index is -4.20. The number of carbonyl (C=O) groups excluding carboxylic acids is 3. The second kappa shape index (κ2) is 8.48. The zero-order valence-corrected chi connectivity index (χ0v) is 16.9. The van der Waals surface area contributed by atoms with E-state index < -0.39 is 35.9 Å². The molecule has 1 heterocycles. The van der Waals surface area contributed by atoms with Gasteiger partial charge < -0.3 is 5.32 Å². The van der Waals surface area contributed by atoms with E-state index in [0.29, 0.717) is 19.3 Å². The largest absolute Gasteiger partial charge is 0.391 e. The summed E-state index contributed by atoms with van der Waals surface area (Å²) in [7, 11) is 0. The van der Waals surface area contributed by atoms with Crippen LogP contribution in [0.3, 0.4) is 0 Å². The highest BCUT2D eigenvalue weighted by Crippen LogP contribution is 2.39. The number of carbonyl (C=O) groups is 3. The molecule has 1 N–H and O–H groups in total. The van der Waals surface area contributed by atoms with Crippen LogP contribution in [0.4, 0.5) is 13.2 Å². The van der Waals surface area contributed by atoms with Gasteiger partial charge in [0.2, 0.25) is 17.7 Å². The number of alkyl halides is 3. The molecule has 1 aliphatic heterocycles. The summed E-state index contributed by atoms with van der Waals surface area (Å²) in [5.41, 5.74) is 0. The van der Waals surface area contributed by atoms with Gasteiger partial charge >= 0.3 is 6.18 Å². The zero-order valence-electron chi connectivity index (χ0n) is 16.9. The normalized spacial score (nSPS) is 31.2. The van der Waals surface area contributed by atoms with Gasteiger partial charge in [0.25, 0.3) is 0 Å². The second-order valence-corrected chi connectivity index (χ2v) is 8.95. The first-order chi connectivity index (χ1) is 13.6. The van der Waals surface area contributed by atoms with Crippen molar-refractivity contribution in [3.05, 3.63) is 12.2 Å². The van der Waals surface area contributed by atoms with Gasteiger partial charge in [-0.25, -0.2) is 0 Å². The fourth-order valence-corrected chi connectivity index (χ4v) is 4.77. The average molecular weight is 414 g/mol. The molecule has 2 aliphatic carbocycles. The van der Waals surface area contributed by atoms with Gasteiger partial charge in [0.15, 0.2) is 0 Å². The summed E-state index contributed by atoms with van der Waals surface area (Å²) in [4.78, 5) is 39.9. The molecule has 0 aromatic rings. The number of amides is 3. The molecular weight excluding hydrogens is 385 g/mol. The highest BCUT2D eigenvalue weighted by atomic mass is 19.4. The van der Waals surface area contributed by atoms with Gasteiger partial charge in [0.1, 0.15) is 6.04 Å². The topological polar surface area (TPSA) is 66.5 Å². The van der Waals surface area contributed by atoms with Gasteiger partial charge in [-0.3, -0.25) is 19.3 Å². The lowest BCUT2D eigenvalue weighted by atomic mass is 9.85. The molecular formula is C21H29F3N2O3. The Hall–Kier alpha value is -1.86. The average Bonchev–Trinajstić information content (AvgIpc) is 2.90. The van der Waals surface area contributed by atoms with Gasteiger partial charge in [-0.2, -0.15) is 13.2 Å². The Bertz CT molecular complexity index is 655. The Kier molecular flexibility index (Phi) is 6.39. The highest BCUT2D eigenvalue weighted by molar-refractivity contribution is 6.08. The second-order valence-electron chi connectivity index (χ2n) is 8.95. The molecule has 3 atom stereocenters. The van der Waals surface area contributed by atoms with E-state index in [9.17, 15) is 27.6 Å². The molecule has 0 aromatic heterocycles. The molecule has 0 aromatic carbocycles. The summed E-state index contributed by atoms with van der Waals surface area (Å²) in [6.45, 7) is 3.82. The molecule has 29 heavy (non-hydrogen) atoms. The molecule has 3 amide bonds. The number of halogens is 3. The maximum atomic E-state index is 13.0. The lowest BCUT2D eigenvalue weighted by Gasteiger charge is -2.33. The number of nitrogens with zero attached hydrogens (tertiary/aromatic N) is 1. The highest BCUT2D eigenvalue weighted by Gasteiger charge is 2.51. The van der Waals surface area contributed by atoms with Crippen molar-refractivity contribution in [1.29, 1.82) is 0 Å². The SMILES string of the molecule is CC(C)C[C@@H](C(=O)NC1CCC(C(F)(F)F)CC1)N1C(=O)[C@H]2CC=CC[C@H]2C1=O. The Labute approximate surface area is 169 Å². The van der Waals surface area contributed by atoms with Crippen LogP contribution in [0.2, 0.25) is 0 Å². The van der Waals surface area contributed by atoms with Crippen molar-refractivity contribution in [2.45, 2.75) is 77.1 Å². The maximum Gasteiger partial charge on any atom is 0.391 e. The van der Waals surface area contributed by atoms with Crippen LogP contribution in [-0.2, 0) is 14.4 Å². The van der Waals surface area contributed by atoms with Crippen molar-refractivity contribution in [1.82, 2.24) is 10.2 Å². The number of hydrogen-bond donors (Lipinski definition) is 1. The first-order valence-electron chi connectivity index (χ1n) is 10.5. The Morgan fingerprint density at radius 1 is 1.07 bits per heavy atom. The first kappa shape index (κ1) is 21.8. The summed E-state index contributed by atoms with van der Waals surface area (Å²) < 4.78 is 38.6. The van der Waals surface area contributed by atoms with E-state index in [1.807, 2.05) is 26.0 Å². The lowest BCUT2D eigenvalue weighted by Crippen LogP contribution is -2.53. The van der Waals surface area contributed by atoms with Gasteiger partial charge in [-0.15, -0.1) is 0 Å². The van der Waals surface area contributed by atoms with E-state index in [1.54, 1.807) is 0 Å². The smallest absolute Gasteiger partial charge is 0.352 e. The third-order valence-electron chi connectivity index (χ3n) is 6.39. The van der Waals surface area contributed by atoms with Gasteiger partial charge in [-0.1, -0.05) is 26.0 Å². The minimum absolute atomic E-state index is 0.0132. The Morgan fingerprint density at radius 2 is 1.59 bits per heavy atom. The molecule has 1 saturated carbocycles. The molecule has 3 rings (SSSR count). The van der Waals surface area contributed by atoms with Crippen molar-refractivity contribution in [2.24, 2.45) is 23.7 Å². The number of hydrogen-bond acceptors (Lipinski definition) is 3. The van der Waals surface area contributed by atoms with Crippen LogP contribution < -0.4 is 5.32 Å². The zero-order chi connectivity index (χ0) is 21.3. The van der Waals surface area contributed by atoms with Crippen molar-refractivity contribution < 1.29 is 27.6 Å². The van der Waals surface area contributed by atoms with Gasteiger partial charge in [0.05, 0.1) is 17.8 Å². The molecule has 2 fully saturated rings. The molecule has 1 saturated heterocycles. The summed E-state index contributed by atoms with van der Waals surface area (Å²) in [5.74, 6) is -3.08. The number of likely N-dealkylation sites (tertiary alicyclic amines) is 1. The maximum absolute atomic E-state index is 13.0. The molecule has 0 spiro atoms. The Balaban J connectivity index is 1.68. The third kappa shape index (κ3) is 4.67. The van der Waals surface area contributed by atoms with E-state index in [0.717, 1.165) is 4.90 Å². The van der Waals surface area contributed by atoms with E-state index in [2.05, 4.69) is 5.32 Å². The quantitative estimate of drug-likeness (QED) is 0.552. The summed E-state index contributed by atoms with van der Waals surface area (Å²) >= 11 is 0. The number of rotatable bonds is 5. The van der Waals surface area contributed by atoms with Crippen molar-refractivity contribution in [2.75, 3.05) is 0 Å². The fourth-order valence-electron chi connectivity index (χ4n) is 4.77. The molecule has 3 aliphatic rings. The van der Waals surface area contributed by atoms with E-state index in [4.69, 9.17) is 0 Å². The van der Waals surface area contributed by atoms with Crippen LogP contribution in [0.1, 0.15) is 58.8 Å². The monoisotopic (exact) mass is 414 g/mol. The first-order valence-corrected chi connectivity index (χ1v) is 10.5. The molecule has 0 bridgehead atoms. The summed E-state index contributed by atoms with van der Waals surface area (Å²) in [6.07, 6.45) is 1.41. The van der Waals surface area contributed by atoms with Gasteiger partial charge in [-0.05, 0) is 50.9 Å². The predicted molar refractivity (Wildman–Crippen MR) is 100 cm³/mol. The summed E-state index contributed by atoms with van der Waals surface area (Å²) in [5, 5.41) is 2.83. The summed E-state index contributed by atoms with van der Waals surface area (Å²) in [6, 6.07) is -1.26. The van der Waals surface area contributed by atoms with E-state index >= 15 is 0 Å². The van der Waals surface area contributed by atoms with E-state index in [1.165, 1.54) is 0 Å². The third-order valence-corrected chi connectivity index (χ3v) is 6.39. The standard InChI is InChI=1S/C21H29F3N2O3/c1-12(2)11-17(26-19(28)15-5-3-4-6-16(15)20(26)29)18(27)25-14-9-7-13(8-10-14)21(22,23)24/h3-4,12-17H,5-11H2,1-2H3,(H,25,27)/t13?,14?,15-,16+,17-/m0/s1.